The summed E-state index contributed by atoms with van der Waals surface area (Å²) in [5, 5.41) is 0. The Balaban J connectivity index is 3.13. The van der Waals surface area contributed by atoms with Crippen LogP contribution in [-0.2, 0) is 15.5 Å². The van der Waals surface area contributed by atoms with Crippen LogP contribution in [0.5, 0.6) is 0 Å². The van der Waals surface area contributed by atoms with Crippen molar-refractivity contribution in [2.24, 2.45) is 0 Å². The van der Waals surface area contributed by atoms with Gasteiger partial charge < -0.3 is 0 Å². The average molecular weight is 261 g/mol. The highest BCUT2D eigenvalue weighted by atomic mass is 35.7. The van der Waals surface area contributed by atoms with E-state index in [1.165, 1.54) is 22.3 Å². The molecule has 0 amide bonds. The van der Waals surface area contributed by atoms with E-state index >= 15 is 0 Å². The second-order valence-corrected chi connectivity index (χ2v) is 7.13. The molecule has 0 fully saturated rings. The van der Waals surface area contributed by atoms with Gasteiger partial charge in [-0.05, 0) is 61.9 Å². The number of aryl methyl sites for hydroxylation is 2. The lowest BCUT2D eigenvalue weighted by atomic mass is 9.93. The van der Waals surface area contributed by atoms with E-state index in [-0.39, 0.29) is 5.75 Å². The summed E-state index contributed by atoms with van der Waals surface area (Å²) in [5.41, 5.74) is 5.85. The molecule has 0 aliphatic heterocycles. The molecule has 1 rings (SSSR count). The van der Waals surface area contributed by atoms with E-state index in [1.54, 1.807) is 0 Å². The van der Waals surface area contributed by atoms with Crippen LogP contribution in [0.4, 0.5) is 0 Å². The molecule has 0 aliphatic carbocycles. The molecule has 0 saturated heterocycles. The summed E-state index contributed by atoms with van der Waals surface area (Å²) in [7, 11) is 1.83. The van der Waals surface area contributed by atoms with Gasteiger partial charge in [-0.3, -0.25) is 0 Å². The maximum Gasteiger partial charge on any atom is 0.232 e. The highest BCUT2D eigenvalue weighted by molar-refractivity contribution is 8.13. The molecule has 0 N–H and O–H groups in total. The molecule has 0 atom stereocenters. The fourth-order valence-electron chi connectivity index (χ4n) is 1.90. The molecule has 0 radical (unpaired) electrons. The third kappa shape index (κ3) is 3.22. The summed E-state index contributed by atoms with van der Waals surface area (Å²) >= 11 is 0. The van der Waals surface area contributed by atoms with Crippen LogP contribution < -0.4 is 0 Å². The fraction of sp³-hybridized carbons (Fsp3) is 0.500. The van der Waals surface area contributed by atoms with Gasteiger partial charge in [0.1, 0.15) is 0 Å². The lowest BCUT2D eigenvalue weighted by molar-refractivity contribution is 0.608. The van der Waals surface area contributed by atoms with Crippen LogP contribution >= 0.6 is 10.7 Å². The highest BCUT2D eigenvalue weighted by Crippen LogP contribution is 2.22. The van der Waals surface area contributed by atoms with Gasteiger partial charge in [-0.2, -0.15) is 0 Å². The smallest absolute Gasteiger partial charge is 0.212 e. The number of hydrogen-bond acceptors (Lipinski definition) is 2. The largest absolute Gasteiger partial charge is 0.232 e. The van der Waals surface area contributed by atoms with E-state index in [9.17, 15) is 8.42 Å². The Hall–Kier alpha value is -0.540. The van der Waals surface area contributed by atoms with Gasteiger partial charge in [-0.1, -0.05) is 6.07 Å². The third-order valence-electron chi connectivity index (χ3n) is 3.12. The summed E-state index contributed by atoms with van der Waals surface area (Å²) in [6.07, 6.45) is 0.492. The summed E-state index contributed by atoms with van der Waals surface area (Å²) in [6, 6.07) is 2.13. The molecule has 0 spiro atoms. The molecule has 0 unspecified atom stereocenters. The fourth-order valence-corrected chi connectivity index (χ4v) is 2.58. The Morgan fingerprint density at radius 3 is 1.88 bits per heavy atom. The van der Waals surface area contributed by atoms with Crippen molar-refractivity contribution in [3.8, 4) is 0 Å². The number of benzene rings is 1. The standard InChI is InChI=1S/C12H17ClO2S/c1-8-7-9(2)11(4)12(10(8)3)5-6-16(13,14)15/h7H,5-6H2,1-4H3. The molecule has 0 heterocycles. The minimum atomic E-state index is -3.41. The number of rotatable bonds is 3. The zero-order valence-corrected chi connectivity index (χ0v) is 11.7. The van der Waals surface area contributed by atoms with Crippen LogP contribution in [0, 0.1) is 27.7 Å². The SMILES string of the molecule is Cc1cc(C)c(C)c(CCS(=O)(=O)Cl)c1C. The number of halogens is 1. The molecule has 0 bridgehead atoms. The molecule has 0 aromatic heterocycles. The maximum atomic E-state index is 11.0. The Morgan fingerprint density at radius 1 is 1.06 bits per heavy atom. The second-order valence-electron chi connectivity index (χ2n) is 4.23. The average Bonchev–Trinajstić information content (AvgIpc) is 2.13. The molecular weight excluding hydrogens is 244 g/mol. The van der Waals surface area contributed by atoms with Gasteiger partial charge in [0.2, 0.25) is 9.05 Å². The molecule has 4 heteroatoms. The topological polar surface area (TPSA) is 34.1 Å². The highest BCUT2D eigenvalue weighted by Gasteiger charge is 2.12. The minimum Gasteiger partial charge on any atom is -0.212 e. The van der Waals surface area contributed by atoms with Gasteiger partial charge in [-0.15, -0.1) is 0 Å². The van der Waals surface area contributed by atoms with Crippen molar-refractivity contribution < 1.29 is 8.42 Å². The quantitative estimate of drug-likeness (QED) is 0.783. The van der Waals surface area contributed by atoms with Crippen molar-refractivity contribution in [1.82, 2.24) is 0 Å². The normalized spacial score (nSPS) is 11.8. The Morgan fingerprint density at radius 2 is 1.50 bits per heavy atom. The molecular formula is C12H17ClO2S. The molecule has 16 heavy (non-hydrogen) atoms. The van der Waals surface area contributed by atoms with Gasteiger partial charge in [-0.25, -0.2) is 8.42 Å². The Kier molecular flexibility index (Phi) is 4.02. The predicted molar refractivity (Wildman–Crippen MR) is 68.7 cm³/mol. The molecule has 2 nitrogen and oxygen atoms in total. The predicted octanol–water partition coefficient (Wildman–Crippen LogP) is 3.03. The van der Waals surface area contributed by atoms with Crippen molar-refractivity contribution in [2.75, 3.05) is 5.75 Å². The van der Waals surface area contributed by atoms with Gasteiger partial charge in [0.15, 0.2) is 0 Å². The summed E-state index contributed by atoms with van der Waals surface area (Å²) in [4.78, 5) is 0. The van der Waals surface area contributed by atoms with Crippen LogP contribution in [-0.4, -0.2) is 14.2 Å². The Bertz CT molecular complexity index is 478. The third-order valence-corrected chi connectivity index (χ3v) is 4.27. The first kappa shape index (κ1) is 13.5. The van der Waals surface area contributed by atoms with Crippen LogP contribution in [0.2, 0.25) is 0 Å². The van der Waals surface area contributed by atoms with Crippen LogP contribution in [0.25, 0.3) is 0 Å². The van der Waals surface area contributed by atoms with Crippen LogP contribution in [0.3, 0.4) is 0 Å². The first-order chi connectivity index (χ1) is 7.22. The molecule has 90 valence electrons. The Labute approximate surface area is 102 Å². The van der Waals surface area contributed by atoms with Gasteiger partial charge in [0, 0.05) is 10.7 Å². The van der Waals surface area contributed by atoms with Gasteiger partial charge in [0.05, 0.1) is 5.75 Å². The molecule has 0 saturated carbocycles. The second kappa shape index (κ2) is 4.76. The van der Waals surface area contributed by atoms with Gasteiger partial charge in [0.25, 0.3) is 0 Å². The van der Waals surface area contributed by atoms with E-state index < -0.39 is 9.05 Å². The molecule has 1 aromatic carbocycles. The zero-order valence-electron chi connectivity index (χ0n) is 10.1. The van der Waals surface area contributed by atoms with E-state index in [0.717, 1.165) is 5.56 Å². The van der Waals surface area contributed by atoms with Crippen molar-refractivity contribution in [1.29, 1.82) is 0 Å². The number of hydrogen-bond donors (Lipinski definition) is 0. The first-order valence-corrected chi connectivity index (χ1v) is 7.69. The van der Waals surface area contributed by atoms with Crippen LogP contribution in [0.1, 0.15) is 27.8 Å². The summed E-state index contributed by atoms with van der Waals surface area (Å²) in [6.45, 7) is 8.14. The van der Waals surface area contributed by atoms with Gasteiger partial charge >= 0.3 is 0 Å². The lowest BCUT2D eigenvalue weighted by Crippen LogP contribution is -2.06. The minimum absolute atomic E-state index is 0.000864. The van der Waals surface area contributed by atoms with E-state index in [4.69, 9.17) is 10.7 Å². The first-order valence-electron chi connectivity index (χ1n) is 5.21. The monoisotopic (exact) mass is 260 g/mol. The van der Waals surface area contributed by atoms with E-state index in [2.05, 4.69) is 6.07 Å². The summed E-state index contributed by atoms with van der Waals surface area (Å²) in [5.74, 6) is -0.000864. The van der Waals surface area contributed by atoms with E-state index in [1.807, 2.05) is 27.7 Å². The van der Waals surface area contributed by atoms with Crippen molar-refractivity contribution in [3.63, 3.8) is 0 Å². The van der Waals surface area contributed by atoms with Crippen molar-refractivity contribution in [3.05, 3.63) is 33.9 Å². The molecule has 0 aliphatic rings. The zero-order chi connectivity index (χ0) is 12.5. The maximum absolute atomic E-state index is 11.0. The van der Waals surface area contributed by atoms with Crippen molar-refractivity contribution in [2.45, 2.75) is 34.1 Å². The molecule has 1 aromatic rings. The van der Waals surface area contributed by atoms with Crippen LogP contribution in [0.15, 0.2) is 6.07 Å². The van der Waals surface area contributed by atoms with E-state index in [0.29, 0.717) is 6.42 Å². The van der Waals surface area contributed by atoms with Crippen molar-refractivity contribution >= 4 is 19.7 Å². The lowest BCUT2D eigenvalue weighted by Gasteiger charge is -2.14. The summed E-state index contributed by atoms with van der Waals surface area (Å²) < 4.78 is 21.9.